The number of carboxylic acids is 1. The summed E-state index contributed by atoms with van der Waals surface area (Å²) in [7, 11) is 0. The summed E-state index contributed by atoms with van der Waals surface area (Å²) in [5, 5.41) is 29.2. The molecule has 1 unspecified atom stereocenters. The van der Waals surface area contributed by atoms with E-state index in [1.54, 1.807) is 12.2 Å². The molecule has 1 aliphatic carbocycles. The number of rotatable bonds is 13. The highest BCUT2D eigenvalue weighted by Crippen LogP contribution is 2.34. The zero-order valence-corrected chi connectivity index (χ0v) is 16.6. The highest BCUT2D eigenvalue weighted by Gasteiger charge is 2.39. The summed E-state index contributed by atoms with van der Waals surface area (Å²) in [6.07, 6.45) is 9.93. The molecule has 6 heteroatoms. The molecule has 0 aliphatic heterocycles. The van der Waals surface area contributed by atoms with E-state index in [0.29, 0.717) is 25.7 Å². The molecule has 0 radical (unpaired) electrons. The third-order valence-electron chi connectivity index (χ3n) is 5.31. The first-order valence-corrected chi connectivity index (χ1v) is 10.0. The van der Waals surface area contributed by atoms with Gasteiger partial charge in [0.15, 0.2) is 0 Å². The minimum Gasteiger partial charge on any atom is -0.481 e. The fraction of sp³-hybridized carbons (Fsp3) is 0.636. The van der Waals surface area contributed by atoms with E-state index in [2.05, 4.69) is 6.58 Å². The Labute approximate surface area is 166 Å². The topological polar surface area (TPSA) is 94.8 Å². The third kappa shape index (κ3) is 7.68. The van der Waals surface area contributed by atoms with Crippen LogP contribution in [0.25, 0.3) is 0 Å². The highest BCUT2D eigenvalue weighted by atomic mass is 19.1. The van der Waals surface area contributed by atoms with Crippen molar-refractivity contribution in [2.45, 2.75) is 76.4 Å². The lowest BCUT2D eigenvalue weighted by molar-refractivity contribution is -0.137. The highest BCUT2D eigenvalue weighted by molar-refractivity contribution is 5.84. The molecule has 1 rings (SSSR count). The predicted octanol–water partition coefficient (Wildman–Crippen LogP) is 4.10. The zero-order chi connectivity index (χ0) is 21.2. The number of unbranched alkanes of at least 4 members (excludes halogenated alkanes) is 2. The van der Waals surface area contributed by atoms with E-state index in [0.717, 1.165) is 6.42 Å². The van der Waals surface area contributed by atoms with Gasteiger partial charge in [-0.3, -0.25) is 9.59 Å². The van der Waals surface area contributed by atoms with Gasteiger partial charge >= 0.3 is 5.97 Å². The van der Waals surface area contributed by atoms with Crippen LogP contribution in [0, 0.1) is 11.8 Å². The van der Waals surface area contributed by atoms with E-state index in [4.69, 9.17) is 5.11 Å². The molecule has 0 saturated heterocycles. The monoisotopic (exact) mass is 396 g/mol. The quantitative estimate of drug-likeness (QED) is 0.322. The molecular weight excluding hydrogens is 363 g/mol. The second-order valence-corrected chi connectivity index (χ2v) is 7.59. The molecule has 158 valence electrons. The smallest absolute Gasteiger partial charge is 0.303 e. The zero-order valence-electron chi connectivity index (χ0n) is 16.6. The van der Waals surface area contributed by atoms with Crippen molar-refractivity contribution in [1.82, 2.24) is 0 Å². The summed E-state index contributed by atoms with van der Waals surface area (Å²) in [5.41, 5.74) is -1.61. The molecular formula is C22H33FO5. The number of hydrogen-bond acceptors (Lipinski definition) is 4. The average molecular weight is 396 g/mol. The molecule has 0 bridgehead atoms. The van der Waals surface area contributed by atoms with Crippen LogP contribution in [0.3, 0.4) is 0 Å². The maximum atomic E-state index is 13.7. The van der Waals surface area contributed by atoms with Gasteiger partial charge in [-0.05, 0) is 25.7 Å². The largest absolute Gasteiger partial charge is 0.481 e. The van der Waals surface area contributed by atoms with Crippen LogP contribution in [0.2, 0.25) is 0 Å². The van der Waals surface area contributed by atoms with Gasteiger partial charge in [-0.1, -0.05) is 50.6 Å². The number of allylic oxidation sites excluding steroid dienone is 2. The first-order valence-electron chi connectivity index (χ1n) is 10.0. The van der Waals surface area contributed by atoms with Crippen LogP contribution in [-0.2, 0) is 9.59 Å². The molecule has 1 aliphatic rings. The van der Waals surface area contributed by atoms with Crippen LogP contribution in [0.15, 0.2) is 36.7 Å². The predicted molar refractivity (Wildman–Crippen MR) is 106 cm³/mol. The Hall–Kier alpha value is -1.79. The van der Waals surface area contributed by atoms with Crippen LogP contribution in [0.4, 0.5) is 4.39 Å². The lowest BCUT2D eigenvalue weighted by atomic mass is 9.88. The normalized spacial score (nSPS) is 24.9. The van der Waals surface area contributed by atoms with E-state index in [1.165, 1.54) is 0 Å². The Morgan fingerprint density at radius 3 is 2.64 bits per heavy atom. The van der Waals surface area contributed by atoms with E-state index >= 15 is 0 Å². The van der Waals surface area contributed by atoms with Gasteiger partial charge in [-0.15, -0.1) is 0 Å². The SMILES string of the molecule is C=C(F)C(O)(CC=C[C@H]1[C@H](O)CC(=O)[C@@H]1CC=CCCCC(=O)O)CCCC. The van der Waals surface area contributed by atoms with Gasteiger partial charge in [-0.2, -0.15) is 0 Å². The number of aliphatic hydroxyl groups is 2. The molecule has 1 fully saturated rings. The van der Waals surface area contributed by atoms with Gasteiger partial charge in [0, 0.05) is 31.1 Å². The maximum Gasteiger partial charge on any atom is 0.303 e. The fourth-order valence-electron chi connectivity index (χ4n) is 3.50. The first-order chi connectivity index (χ1) is 13.2. The number of aliphatic hydroxyl groups excluding tert-OH is 1. The number of carbonyl (C=O) groups excluding carboxylic acids is 1. The molecule has 5 nitrogen and oxygen atoms in total. The van der Waals surface area contributed by atoms with Gasteiger partial charge in [0.05, 0.1) is 6.10 Å². The Morgan fingerprint density at radius 1 is 1.32 bits per heavy atom. The van der Waals surface area contributed by atoms with E-state index < -0.39 is 23.5 Å². The van der Waals surface area contributed by atoms with Crippen LogP contribution in [0.5, 0.6) is 0 Å². The Morgan fingerprint density at radius 2 is 2.04 bits per heavy atom. The minimum absolute atomic E-state index is 0.0199. The van der Waals surface area contributed by atoms with Crippen molar-refractivity contribution in [2.24, 2.45) is 11.8 Å². The summed E-state index contributed by atoms with van der Waals surface area (Å²) in [4.78, 5) is 22.7. The van der Waals surface area contributed by atoms with Gasteiger partial charge in [0.25, 0.3) is 0 Å². The first kappa shape index (κ1) is 24.2. The van der Waals surface area contributed by atoms with Gasteiger partial charge in [0.1, 0.15) is 17.2 Å². The lowest BCUT2D eigenvalue weighted by Gasteiger charge is -2.25. The van der Waals surface area contributed by atoms with E-state index in [1.807, 2.05) is 19.1 Å². The number of carbonyl (C=O) groups is 2. The summed E-state index contributed by atoms with van der Waals surface area (Å²) in [5.74, 6) is -2.36. The van der Waals surface area contributed by atoms with Crippen molar-refractivity contribution < 1.29 is 29.3 Å². The van der Waals surface area contributed by atoms with Gasteiger partial charge in [0.2, 0.25) is 0 Å². The second kappa shape index (κ2) is 11.9. The van der Waals surface area contributed by atoms with Crippen LogP contribution >= 0.6 is 0 Å². The van der Waals surface area contributed by atoms with Crippen LogP contribution in [0.1, 0.15) is 64.7 Å². The third-order valence-corrected chi connectivity index (χ3v) is 5.31. The summed E-state index contributed by atoms with van der Waals surface area (Å²) in [6.45, 7) is 5.20. The van der Waals surface area contributed by atoms with Crippen molar-refractivity contribution in [1.29, 1.82) is 0 Å². The average Bonchev–Trinajstić information content (AvgIpc) is 2.89. The Bertz CT molecular complexity index is 598. The molecule has 0 aromatic carbocycles. The number of halogens is 1. The molecule has 0 amide bonds. The summed E-state index contributed by atoms with van der Waals surface area (Å²) < 4.78 is 13.7. The number of Topliss-reactive ketones (excluding diaryl/α,β-unsaturated/α-hetero) is 1. The molecule has 0 aromatic heterocycles. The Kier molecular flexibility index (Phi) is 10.3. The summed E-state index contributed by atoms with van der Waals surface area (Å²) in [6, 6.07) is 0. The molecule has 1 saturated carbocycles. The molecule has 28 heavy (non-hydrogen) atoms. The fourth-order valence-corrected chi connectivity index (χ4v) is 3.50. The Balaban J connectivity index is 2.65. The van der Waals surface area contributed by atoms with Gasteiger partial charge < -0.3 is 15.3 Å². The second-order valence-electron chi connectivity index (χ2n) is 7.59. The molecule has 4 atom stereocenters. The number of aliphatic carboxylic acids is 1. The minimum atomic E-state index is -1.61. The molecule has 3 N–H and O–H groups in total. The molecule has 0 aromatic rings. The van der Waals surface area contributed by atoms with Crippen molar-refractivity contribution in [3.05, 3.63) is 36.7 Å². The van der Waals surface area contributed by atoms with E-state index in [9.17, 15) is 24.2 Å². The molecule has 0 spiro atoms. The van der Waals surface area contributed by atoms with Crippen molar-refractivity contribution >= 4 is 11.8 Å². The standard InChI is InChI=1S/C22H33FO5/c1-3-4-13-22(28,16(2)23)14-9-11-18-17(19(24)15-20(18)25)10-7-5-6-8-12-21(26)27/h5,7,9,11,17-18,20,25,28H,2-4,6,8,10,12-15H2,1H3,(H,26,27)/t17-,18-,20-,22?/m1/s1. The van der Waals surface area contributed by atoms with Crippen molar-refractivity contribution in [3.63, 3.8) is 0 Å². The summed E-state index contributed by atoms with van der Waals surface area (Å²) >= 11 is 0. The number of carboxylic acid groups (broad SMARTS) is 1. The lowest BCUT2D eigenvalue weighted by Crippen LogP contribution is -2.28. The van der Waals surface area contributed by atoms with Gasteiger partial charge in [-0.25, -0.2) is 4.39 Å². The number of ketones is 1. The molecule has 0 heterocycles. The maximum absolute atomic E-state index is 13.7. The van der Waals surface area contributed by atoms with Crippen molar-refractivity contribution in [3.8, 4) is 0 Å². The number of hydrogen-bond donors (Lipinski definition) is 3. The van der Waals surface area contributed by atoms with E-state index in [-0.39, 0.29) is 43.3 Å². The van der Waals surface area contributed by atoms with Crippen molar-refractivity contribution in [2.75, 3.05) is 0 Å². The van der Waals surface area contributed by atoms with Crippen LogP contribution in [-0.4, -0.2) is 38.8 Å². The van der Waals surface area contributed by atoms with Crippen LogP contribution < -0.4 is 0 Å².